The van der Waals surface area contributed by atoms with Crippen LogP contribution in [0.15, 0.2) is 24.3 Å². The molecule has 0 aliphatic carbocycles. The van der Waals surface area contributed by atoms with Crippen molar-refractivity contribution in [2.24, 2.45) is 5.92 Å². The van der Waals surface area contributed by atoms with Crippen molar-refractivity contribution in [1.29, 1.82) is 0 Å². The Morgan fingerprint density at radius 2 is 2.29 bits per heavy atom. The molecule has 1 aliphatic rings. The van der Waals surface area contributed by atoms with Crippen LogP contribution in [0.5, 0.6) is 0 Å². The van der Waals surface area contributed by atoms with E-state index >= 15 is 0 Å². The lowest BCUT2D eigenvalue weighted by atomic mass is 9.92. The highest BCUT2D eigenvalue weighted by Gasteiger charge is 2.26. The molecule has 21 heavy (non-hydrogen) atoms. The predicted octanol–water partition coefficient (Wildman–Crippen LogP) is 3.72. The number of rotatable bonds is 4. The van der Waals surface area contributed by atoms with E-state index in [1.807, 2.05) is 24.3 Å². The van der Waals surface area contributed by atoms with Crippen LogP contribution in [-0.2, 0) is 4.79 Å². The van der Waals surface area contributed by atoms with E-state index in [0.717, 1.165) is 31.4 Å². The molecule has 0 bridgehead atoms. The molecule has 5 heteroatoms. The fraction of sp³-hybridized carbons (Fsp3) is 0.562. The van der Waals surface area contributed by atoms with Crippen molar-refractivity contribution < 1.29 is 4.79 Å². The Labute approximate surface area is 138 Å². The Bertz CT molecular complexity index is 467. The Morgan fingerprint density at radius 1 is 1.52 bits per heavy atom. The van der Waals surface area contributed by atoms with Crippen LogP contribution in [0, 0.1) is 5.92 Å². The zero-order valence-corrected chi connectivity index (χ0v) is 14.1. The van der Waals surface area contributed by atoms with Gasteiger partial charge in [0.2, 0.25) is 5.91 Å². The summed E-state index contributed by atoms with van der Waals surface area (Å²) < 4.78 is 0. The van der Waals surface area contributed by atoms with Gasteiger partial charge in [0.25, 0.3) is 0 Å². The smallest absolute Gasteiger partial charge is 0.223 e. The van der Waals surface area contributed by atoms with Crippen LogP contribution in [0.1, 0.15) is 44.7 Å². The third kappa shape index (κ3) is 5.17. The molecule has 0 spiro atoms. The molecule has 0 radical (unpaired) electrons. The third-order valence-corrected chi connectivity index (χ3v) is 4.21. The lowest BCUT2D eigenvalue weighted by molar-refractivity contribution is -0.126. The van der Waals surface area contributed by atoms with Crippen molar-refractivity contribution in [2.45, 2.75) is 45.2 Å². The fourth-order valence-corrected chi connectivity index (χ4v) is 3.00. The summed E-state index contributed by atoms with van der Waals surface area (Å²) >= 11 is 6.03. The largest absolute Gasteiger partial charge is 0.349 e. The van der Waals surface area contributed by atoms with Gasteiger partial charge in [-0.05, 0) is 50.4 Å². The molecule has 1 heterocycles. The van der Waals surface area contributed by atoms with Crippen molar-refractivity contribution in [3.05, 3.63) is 34.9 Å². The number of amides is 1. The van der Waals surface area contributed by atoms with Gasteiger partial charge in [-0.2, -0.15) is 0 Å². The molecular weight excluding hydrogens is 307 g/mol. The standard InChI is InChI=1S/C16H23ClN2O.ClH/c1-3-15(12-5-4-6-14(17)10-12)19-16(20)13-7-8-18-11(2)9-13;/h4-6,10-11,13,15,18H,3,7-9H2,1-2H3,(H,19,20);1H/t11-,13-,15?;/m0./s1. The first-order valence-corrected chi connectivity index (χ1v) is 7.77. The maximum absolute atomic E-state index is 12.4. The number of nitrogens with one attached hydrogen (secondary N) is 2. The van der Waals surface area contributed by atoms with Crippen LogP contribution in [0.25, 0.3) is 0 Å². The quantitative estimate of drug-likeness (QED) is 0.883. The summed E-state index contributed by atoms with van der Waals surface area (Å²) in [6.07, 6.45) is 2.70. The molecule has 1 amide bonds. The Kier molecular flexibility index (Phi) is 7.50. The number of hydrogen-bond acceptors (Lipinski definition) is 2. The van der Waals surface area contributed by atoms with E-state index in [1.165, 1.54) is 0 Å². The van der Waals surface area contributed by atoms with Gasteiger partial charge >= 0.3 is 0 Å². The normalized spacial score (nSPS) is 23.0. The van der Waals surface area contributed by atoms with E-state index in [1.54, 1.807) is 0 Å². The molecule has 3 nitrogen and oxygen atoms in total. The first-order valence-electron chi connectivity index (χ1n) is 7.39. The van der Waals surface area contributed by atoms with Crippen molar-refractivity contribution in [3.63, 3.8) is 0 Å². The van der Waals surface area contributed by atoms with Gasteiger partial charge in [-0.3, -0.25) is 4.79 Å². The molecular formula is C16H24Cl2N2O. The van der Waals surface area contributed by atoms with Gasteiger partial charge in [0, 0.05) is 17.0 Å². The first kappa shape index (κ1) is 18.3. The van der Waals surface area contributed by atoms with E-state index < -0.39 is 0 Å². The average Bonchev–Trinajstić information content (AvgIpc) is 2.44. The van der Waals surface area contributed by atoms with Crippen molar-refractivity contribution in [3.8, 4) is 0 Å². The van der Waals surface area contributed by atoms with E-state index in [2.05, 4.69) is 24.5 Å². The molecule has 2 rings (SSSR count). The first-order chi connectivity index (χ1) is 9.60. The van der Waals surface area contributed by atoms with Gasteiger partial charge in [-0.1, -0.05) is 30.7 Å². The molecule has 1 aliphatic heterocycles. The Hall–Kier alpha value is -0.770. The van der Waals surface area contributed by atoms with E-state index in [-0.39, 0.29) is 30.3 Å². The molecule has 0 saturated carbocycles. The van der Waals surface area contributed by atoms with E-state index in [0.29, 0.717) is 11.1 Å². The number of hydrogen-bond donors (Lipinski definition) is 2. The zero-order valence-electron chi connectivity index (χ0n) is 12.6. The van der Waals surface area contributed by atoms with Crippen molar-refractivity contribution in [1.82, 2.24) is 10.6 Å². The average molecular weight is 331 g/mol. The number of halogens is 2. The number of piperidine rings is 1. The van der Waals surface area contributed by atoms with E-state index in [4.69, 9.17) is 11.6 Å². The second-order valence-electron chi connectivity index (χ2n) is 5.60. The Balaban J connectivity index is 0.00000220. The molecule has 1 unspecified atom stereocenters. The number of benzene rings is 1. The lowest BCUT2D eigenvalue weighted by Gasteiger charge is -2.29. The van der Waals surface area contributed by atoms with Crippen molar-refractivity contribution in [2.75, 3.05) is 6.54 Å². The lowest BCUT2D eigenvalue weighted by Crippen LogP contribution is -2.43. The minimum absolute atomic E-state index is 0. The fourth-order valence-electron chi connectivity index (χ4n) is 2.80. The van der Waals surface area contributed by atoms with Crippen LogP contribution in [0.2, 0.25) is 5.02 Å². The summed E-state index contributed by atoms with van der Waals surface area (Å²) in [5.41, 5.74) is 1.08. The molecule has 2 N–H and O–H groups in total. The zero-order chi connectivity index (χ0) is 14.5. The van der Waals surface area contributed by atoms with Gasteiger partial charge in [0.15, 0.2) is 0 Å². The summed E-state index contributed by atoms with van der Waals surface area (Å²) in [6, 6.07) is 8.21. The summed E-state index contributed by atoms with van der Waals surface area (Å²) in [5.74, 6) is 0.296. The topological polar surface area (TPSA) is 41.1 Å². The van der Waals surface area contributed by atoms with Gasteiger partial charge < -0.3 is 10.6 Å². The van der Waals surface area contributed by atoms with Gasteiger partial charge in [0.05, 0.1) is 6.04 Å². The maximum atomic E-state index is 12.4. The van der Waals surface area contributed by atoms with Crippen LogP contribution in [0.3, 0.4) is 0 Å². The van der Waals surface area contributed by atoms with Gasteiger partial charge in [0.1, 0.15) is 0 Å². The van der Waals surface area contributed by atoms with Gasteiger partial charge in [-0.25, -0.2) is 0 Å². The Morgan fingerprint density at radius 3 is 2.90 bits per heavy atom. The van der Waals surface area contributed by atoms with Crippen LogP contribution in [-0.4, -0.2) is 18.5 Å². The van der Waals surface area contributed by atoms with Crippen LogP contribution < -0.4 is 10.6 Å². The maximum Gasteiger partial charge on any atom is 0.223 e. The predicted molar refractivity (Wildman–Crippen MR) is 90.1 cm³/mol. The summed E-state index contributed by atoms with van der Waals surface area (Å²) in [5, 5.41) is 7.26. The summed E-state index contributed by atoms with van der Waals surface area (Å²) in [7, 11) is 0. The van der Waals surface area contributed by atoms with Crippen molar-refractivity contribution >= 4 is 29.9 Å². The van der Waals surface area contributed by atoms with E-state index in [9.17, 15) is 4.79 Å². The molecule has 1 aromatic rings. The summed E-state index contributed by atoms with van der Waals surface area (Å²) in [6.45, 7) is 5.14. The molecule has 1 saturated heterocycles. The monoisotopic (exact) mass is 330 g/mol. The second kappa shape index (κ2) is 8.62. The minimum atomic E-state index is 0. The molecule has 0 aromatic heterocycles. The second-order valence-corrected chi connectivity index (χ2v) is 6.04. The molecule has 1 aromatic carbocycles. The van der Waals surface area contributed by atoms with Gasteiger partial charge in [-0.15, -0.1) is 12.4 Å². The highest BCUT2D eigenvalue weighted by atomic mass is 35.5. The molecule has 118 valence electrons. The highest BCUT2D eigenvalue weighted by Crippen LogP contribution is 2.22. The SMILES string of the molecule is CCC(NC(=O)[C@H]1CCN[C@@H](C)C1)c1cccc(Cl)c1.Cl. The molecule has 1 fully saturated rings. The highest BCUT2D eigenvalue weighted by molar-refractivity contribution is 6.30. The molecule has 3 atom stereocenters. The summed E-state index contributed by atoms with van der Waals surface area (Å²) in [4.78, 5) is 12.4. The van der Waals surface area contributed by atoms with Crippen LogP contribution >= 0.6 is 24.0 Å². The number of carbonyl (C=O) groups is 1. The van der Waals surface area contributed by atoms with Crippen LogP contribution in [0.4, 0.5) is 0 Å². The third-order valence-electron chi connectivity index (χ3n) is 3.97. The minimum Gasteiger partial charge on any atom is -0.349 e. The number of carbonyl (C=O) groups excluding carboxylic acids is 1.